The third-order valence-electron chi connectivity index (χ3n) is 5.51. The van der Waals surface area contributed by atoms with Crippen LogP contribution in [0, 0.1) is 6.92 Å². The Balaban J connectivity index is 1.42. The number of halogens is 3. The molecule has 0 unspecified atom stereocenters. The normalized spacial score (nSPS) is 11.3. The summed E-state index contributed by atoms with van der Waals surface area (Å²) in [7, 11) is 1.70. The van der Waals surface area contributed by atoms with Gasteiger partial charge in [-0.2, -0.15) is 18.3 Å². The highest BCUT2D eigenvalue weighted by Gasteiger charge is 2.32. The van der Waals surface area contributed by atoms with Crippen LogP contribution >= 0.6 is 0 Å². The number of alkyl halides is 3. The maximum absolute atomic E-state index is 12.9. The molecule has 0 aliphatic rings. The third kappa shape index (κ3) is 6.37. The largest absolute Gasteiger partial charge is 0.457 e. The van der Waals surface area contributed by atoms with Crippen molar-refractivity contribution in [1.29, 1.82) is 0 Å². The Morgan fingerprint density at radius 1 is 1.08 bits per heavy atom. The second-order valence-electron chi connectivity index (χ2n) is 8.24. The number of carbonyl (C=O) groups is 2. The molecule has 1 amide bonds. The number of hydrogen-bond acceptors (Lipinski definition) is 6. The van der Waals surface area contributed by atoms with Gasteiger partial charge in [-0.25, -0.2) is 4.98 Å². The van der Waals surface area contributed by atoms with E-state index in [1.165, 1.54) is 23.1 Å². The molecule has 8 nitrogen and oxygen atoms in total. The number of ketones is 1. The maximum Gasteiger partial charge on any atom is 0.433 e. The molecule has 0 spiro atoms. The van der Waals surface area contributed by atoms with Gasteiger partial charge in [0.05, 0.1) is 11.8 Å². The van der Waals surface area contributed by atoms with Crippen molar-refractivity contribution in [2.75, 3.05) is 5.32 Å². The zero-order valence-electron chi connectivity index (χ0n) is 19.9. The number of aromatic nitrogens is 4. The van der Waals surface area contributed by atoms with Crippen molar-refractivity contribution in [3.05, 3.63) is 95.2 Å². The van der Waals surface area contributed by atoms with E-state index in [4.69, 9.17) is 4.74 Å². The molecule has 190 valence electrons. The second-order valence-corrected chi connectivity index (χ2v) is 8.24. The maximum atomic E-state index is 12.9. The van der Waals surface area contributed by atoms with Gasteiger partial charge in [-0.1, -0.05) is 18.2 Å². The van der Waals surface area contributed by atoms with Crippen molar-refractivity contribution in [3.63, 3.8) is 0 Å². The Hall–Kier alpha value is -4.54. The van der Waals surface area contributed by atoms with Crippen molar-refractivity contribution < 1.29 is 27.5 Å². The first-order valence-electron chi connectivity index (χ1n) is 11.2. The lowest BCUT2D eigenvalue weighted by Crippen LogP contribution is -2.12. The molecule has 11 heteroatoms. The molecule has 0 saturated carbocycles. The Kier molecular flexibility index (Phi) is 7.32. The molecule has 0 radical (unpaired) electrons. The van der Waals surface area contributed by atoms with Gasteiger partial charge in [-0.05, 0) is 37.1 Å². The average Bonchev–Trinajstić information content (AvgIpc) is 3.30. The van der Waals surface area contributed by atoms with Gasteiger partial charge in [-0.15, -0.1) is 0 Å². The number of aryl methyl sites for hydroxylation is 2. The van der Waals surface area contributed by atoms with Crippen LogP contribution in [0.25, 0.3) is 0 Å². The topological polar surface area (TPSA) is 99.0 Å². The van der Waals surface area contributed by atoms with E-state index < -0.39 is 11.9 Å². The lowest BCUT2D eigenvalue weighted by Gasteiger charge is -2.13. The van der Waals surface area contributed by atoms with Crippen LogP contribution in [0.4, 0.5) is 19.0 Å². The number of carbonyl (C=O) groups excluding carboxylic acids is 2. The molecule has 0 aliphatic heterocycles. The minimum absolute atomic E-state index is 0.0944. The average molecular weight is 509 g/mol. The molecule has 3 aromatic heterocycles. The highest BCUT2D eigenvalue weighted by Crippen LogP contribution is 2.30. The molecule has 1 aromatic carbocycles. The molecule has 37 heavy (non-hydrogen) atoms. The van der Waals surface area contributed by atoms with E-state index in [-0.39, 0.29) is 30.3 Å². The zero-order valence-corrected chi connectivity index (χ0v) is 19.9. The van der Waals surface area contributed by atoms with E-state index in [9.17, 15) is 22.8 Å². The van der Waals surface area contributed by atoms with E-state index in [1.807, 2.05) is 0 Å². The molecule has 3 heterocycles. The van der Waals surface area contributed by atoms with Crippen molar-refractivity contribution in [3.8, 4) is 11.5 Å². The number of anilines is 1. The molecular weight excluding hydrogens is 487 g/mol. The number of nitrogens with zero attached hydrogens (tertiary/aromatic N) is 4. The molecule has 0 saturated heterocycles. The van der Waals surface area contributed by atoms with E-state index in [0.29, 0.717) is 33.8 Å². The van der Waals surface area contributed by atoms with Crippen LogP contribution in [0.1, 0.15) is 44.0 Å². The monoisotopic (exact) mass is 509 g/mol. The van der Waals surface area contributed by atoms with Crippen LogP contribution in [0.15, 0.2) is 67.3 Å². The van der Waals surface area contributed by atoms with Crippen molar-refractivity contribution >= 4 is 17.5 Å². The van der Waals surface area contributed by atoms with Crippen molar-refractivity contribution in [1.82, 2.24) is 19.7 Å². The number of rotatable bonds is 8. The first kappa shape index (κ1) is 25.5. The zero-order chi connectivity index (χ0) is 26.6. The first-order chi connectivity index (χ1) is 17.6. The molecule has 1 N–H and O–H groups in total. The summed E-state index contributed by atoms with van der Waals surface area (Å²) in [6.07, 6.45) is 1.47. The highest BCUT2D eigenvalue weighted by molar-refractivity contribution is 6.03. The first-order valence-corrected chi connectivity index (χ1v) is 11.2. The van der Waals surface area contributed by atoms with Gasteiger partial charge < -0.3 is 10.1 Å². The third-order valence-corrected chi connectivity index (χ3v) is 5.51. The highest BCUT2D eigenvalue weighted by atomic mass is 19.4. The van der Waals surface area contributed by atoms with Crippen LogP contribution in [-0.4, -0.2) is 31.4 Å². The Morgan fingerprint density at radius 3 is 2.57 bits per heavy atom. The van der Waals surface area contributed by atoms with Crippen molar-refractivity contribution in [2.24, 2.45) is 7.05 Å². The summed E-state index contributed by atoms with van der Waals surface area (Å²) < 4.78 is 45.5. The molecule has 0 bridgehead atoms. The summed E-state index contributed by atoms with van der Waals surface area (Å²) in [4.78, 5) is 32.8. The minimum atomic E-state index is -4.51. The fraction of sp³-hybridized carbons (Fsp3) is 0.192. The lowest BCUT2D eigenvalue weighted by atomic mass is 9.99. The van der Waals surface area contributed by atoms with Crippen LogP contribution in [-0.2, 0) is 19.6 Å². The van der Waals surface area contributed by atoms with E-state index >= 15 is 0 Å². The standard InChI is InChI=1S/C26H22F3N5O3/c1-16-20(21(35)8-6-17-7-9-23(31-13-17)26(27,28)29)4-3-5-22(16)37-19-10-11-30-24(12-19)33-25(36)18-14-32-34(2)15-18/h3-5,7,9-15H,6,8H2,1-2H3,(H,30,33,36). The summed E-state index contributed by atoms with van der Waals surface area (Å²) in [5.41, 5.74) is 0.986. The van der Waals surface area contributed by atoms with E-state index in [2.05, 4.69) is 20.4 Å². The van der Waals surface area contributed by atoms with Gasteiger partial charge >= 0.3 is 6.18 Å². The second kappa shape index (κ2) is 10.6. The van der Waals surface area contributed by atoms with Crippen molar-refractivity contribution in [2.45, 2.75) is 25.9 Å². The number of nitrogens with one attached hydrogen (secondary N) is 1. The van der Waals surface area contributed by atoms with E-state index in [1.54, 1.807) is 50.5 Å². The Labute approximate surface area is 210 Å². The summed E-state index contributed by atoms with van der Waals surface area (Å²) >= 11 is 0. The summed E-state index contributed by atoms with van der Waals surface area (Å²) in [5.74, 6) is 0.575. The smallest absolute Gasteiger partial charge is 0.433 e. The van der Waals surface area contributed by atoms with Gasteiger partial charge in [0.1, 0.15) is 23.0 Å². The van der Waals surface area contributed by atoms with Gasteiger partial charge in [-0.3, -0.25) is 19.3 Å². The molecular formula is C26H22F3N5O3. The molecule has 4 aromatic rings. The predicted octanol–water partition coefficient (Wildman–Crippen LogP) is 5.40. The summed E-state index contributed by atoms with van der Waals surface area (Å²) in [6, 6.07) is 10.5. The molecule has 0 atom stereocenters. The van der Waals surface area contributed by atoms with Crippen LogP contribution in [0.3, 0.4) is 0 Å². The quantitative estimate of drug-likeness (QED) is 0.320. The number of benzene rings is 1. The lowest BCUT2D eigenvalue weighted by molar-refractivity contribution is -0.141. The van der Waals surface area contributed by atoms with Gasteiger partial charge in [0.25, 0.3) is 5.91 Å². The molecule has 0 fully saturated rings. The van der Waals surface area contributed by atoms with Crippen LogP contribution in [0.5, 0.6) is 11.5 Å². The predicted molar refractivity (Wildman–Crippen MR) is 129 cm³/mol. The van der Waals surface area contributed by atoms with E-state index in [0.717, 1.165) is 12.3 Å². The summed E-state index contributed by atoms with van der Waals surface area (Å²) in [6.45, 7) is 1.74. The number of ether oxygens (including phenoxy) is 1. The van der Waals surface area contributed by atoms with Gasteiger partial charge in [0.15, 0.2) is 5.78 Å². The van der Waals surface area contributed by atoms with Crippen LogP contribution < -0.4 is 10.1 Å². The molecule has 4 rings (SSSR count). The number of pyridine rings is 2. The van der Waals surface area contributed by atoms with Gasteiger partial charge in [0.2, 0.25) is 0 Å². The number of hydrogen-bond donors (Lipinski definition) is 1. The molecule has 0 aliphatic carbocycles. The number of amides is 1. The SMILES string of the molecule is Cc1c(Oc2ccnc(NC(=O)c3cnn(C)c3)c2)cccc1C(=O)CCc1ccc(C(F)(F)F)nc1. The summed E-state index contributed by atoms with van der Waals surface area (Å²) in [5, 5.41) is 6.65. The van der Waals surface area contributed by atoms with Crippen LogP contribution in [0.2, 0.25) is 0 Å². The fourth-order valence-corrected chi connectivity index (χ4v) is 3.56. The Bertz CT molecular complexity index is 1430. The van der Waals surface area contributed by atoms with Gasteiger partial charge in [0, 0.05) is 49.3 Å². The fourth-order valence-electron chi connectivity index (χ4n) is 3.56. The Morgan fingerprint density at radius 2 is 1.89 bits per heavy atom. The minimum Gasteiger partial charge on any atom is -0.457 e. The number of Topliss-reactive ketones (excluding diaryl/α,β-unsaturated/α-hetero) is 1.